The quantitative estimate of drug-likeness (QED) is 0.680. The average Bonchev–Trinajstić information content (AvgIpc) is 2.63. The molecule has 6 nitrogen and oxygen atoms in total. The molecule has 2 fully saturated rings. The van der Waals surface area contributed by atoms with Gasteiger partial charge >= 0.3 is 0 Å². The fraction of sp³-hybridized carbons (Fsp3) is 0.455. The highest BCUT2D eigenvalue weighted by Crippen LogP contribution is 2.32. The van der Waals surface area contributed by atoms with Gasteiger partial charge < -0.3 is 0 Å². The van der Waals surface area contributed by atoms with Gasteiger partial charge in [0.2, 0.25) is 15.9 Å². The van der Waals surface area contributed by atoms with Crippen LogP contribution in [0.5, 0.6) is 0 Å². The van der Waals surface area contributed by atoms with Crippen molar-refractivity contribution in [2.24, 2.45) is 0 Å². The zero-order valence-corrected chi connectivity index (χ0v) is 19.2. The summed E-state index contributed by atoms with van der Waals surface area (Å²) in [6.45, 7) is 4.76. The maximum atomic E-state index is 14.3. The van der Waals surface area contributed by atoms with Crippen LogP contribution in [-0.2, 0) is 21.2 Å². The molecule has 0 spiro atoms. The molecule has 1 aromatic heterocycles. The van der Waals surface area contributed by atoms with Crippen molar-refractivity contribution < 1.29 is 17.6 Å². The Morgan fingerprint density at radius 2 is 2.06 bits per heavy atom. The lowest BCUT2D eigenvalue weighted by Crippen LogP contribution is -2.63. The fourth-order valence-electron chi connectivity index (χ4n) is 3.99. The van der Waals surface area contributed by atoms with Gasteiger partial charge in [-0.1, -0.05) is 19.9 Å². The molecule has 1 N–H and O–H groups in total. The molecule has 1 amide bonds. The van der Waals surface area contributed by atoms with E-state index in [1.165, 1.54) is 12.1 Å². The van der Waals surface area contributed by atoms with Gasteiger partial charge in [-0.25, -0.2) is 12.8 Å². The Kier molecular flexibility index (Phi) is 6.37. The lowest BCUT2D eigenvalue weighted by atomic mass is 9.88. The van der Waals surface area contributed by atoms with E-state index in [2.05, 4.69) is 14.6 Å². The van der Waals surface area contributed by atoms with Crippen LogP contribution in [0.4, 0.5) is 4.39 Å². The Bertz CT molecular complexity index is 1070. The standard InChI is InChI=1S/C22H26FN3O3S2/c1-14(2)19-6-16(23)7-20(15-4-3-5-24-9-15)21(19)8-22(27)25-31(28,29)18-10-26(11-18)17-12-30-13-17/h3-7,9,14,17-18H,8,10-13H2,1-2H3,(H,25,27). The summed E-state index contributed by atoms with van der Waals surface area (Å²) in [5, 5.41) is -0.572. The fourth-order valence-corrected chi connectivity index (χ4v) is 6.19. The van der Waals surface area contributed by atoms with Crippen LogP contribution in [0.15, 0.2) is 36.7 Å². The third-order valence-electron chi connectivity index (χ3n) is 5.89. The first-order valence-electron chi connectivity index (χ1n) is 10.3. The molecule has 1 aromatic carbocycles. The van der Waals surface area contributed by atoms with E-state index >= 15 is 0 Å². The van der Waals surface area contributed by atoms with Gasteiger partial charge in [0.1, 0.15) is 11.1 Å². The first-order valence-corrected chi connectivity index (χ1v) is 13.0. The predicted octanol–water partition coefficient (Wildman–Crippen LogP) is 2.80. The zero-order chi connectivity index (χ0) is 22.2. The highest BCUT2D eigenvalue weighted by atomic mass is 32.2. The molecule has 3 heterocycles. The number of benzene rings is 1. The van der Waals surface area contributed by atoms with Crippen molar-refractivity contribution in [2.75, 3.05) is 24.6 Å². The highest BCUT2D eigenvalue weighted by Gasteiger charge is 2.42. The van der Waals surface area contributed by atoms with Crippen molar-refractivity contribution in [1.82, 2.24) is 14.6 Å². The number of nitrogens with one attached hydrogen (secondary N) is 1. The van der Waals surface area contributed by atoms with E-state index in [4.69, 9.17) is 0 Å². The molecule has 0 bridgehead atoms. The molecule has 0 radical (unpaired) electrons. The molecule has 2 aliphatic heterocycles. The van der Waals surface area contributed by atoms with Crippen molar-refractivity contribution in [3.8, 4) is 11.1 Å². The number of pyridine rings is 1. The smallest absolute Gasteiger partial charge is 0.240 e. The molecular weight excluding hydrogens is 437 g/mol. The summed E-state index contributed by atoms with van der Waals surface area (Å²) in [4.78, 5) is 19.0. The number of likely N-dealkylation sites (tertiary alicyclic amines) is 1. The van der Waals surface area contributed by atoms with Gasteiger partial charge in [0.25, 0.3) is 0 Å². The molecule has 2 aliphatic rings. The van der Waals surface area contributed by atoms with Crippen molar-refractivity contribution in [2.45, 2.75) is 37.5 Å². The summed E-state index contributed by atoms with van der Waals surface area (Å²) in [6, 6.07) is 6.79. The molecule has 0 aliphatic carbocycles. The number of aromatic nitrogens is 1. The minimum Gasteiger partial charge on any atom is -0.296 e. The Morgan fingerprint density at radius 1 is 1.32 bits per heavy atom. The van der Waals surface area contributed by atoms with E-state index in [0.717, 1.165) is 11.5 Å². The van der Waals surface area contributed by atoms with E-state index in [1.807, 2.05) is 25.6 Å². The molecule has 2 aromatic rings. The van der Waals surface area contributed by atoms with Crippen molar-refractivity contribution in [1.29, 1.82) is 0 Å². The summed E-state index contributed by atoms with van der Waals surface area (Å²) in [5.74, 6) is 1.04. The normalized spacial score (nSPS) is 17.9. The van der Waals surface area contributed by atoms with E-state index in [1.54, 1.807) is 24.5 Å². The minimum absolute atomic E-state index is 0.0361. The van der Waals surface area contributed by atoms with Crippen molar-refractivity contribution >= 4 is 27.7 Å². The molecule has 4 rings (SSSR count). The number of rotatable bonds is 7. The second-order valence-corrected chi connectivity index (χ2v) is 11.5. The number of halogens is 1. The number of hydrogen-bond acceptors (Lipinski definition) is 6. The van der Waals surface area contributed by atoms with E-state index in [9.17, 15) is 17.6 Å². The topological polar surface area (TPSA) is 79.4 Å². The summed E-state index contributed by atoms with van der Waals surface area (Å²) in [6.07, 6.45) is 3.08. The first kappa shape index (κ1) is 22.2. The van der Waals surface area contributed by atoms with Crippen LogP contribution in [0.25, 0.3) is 11.1 Å². The Hall–Kier alpha value is -1.97. The van der Waals surface area contributed by atoms with Crippen LogP contribution >= 0.6 is 11.8 Å². The van der Waals surface area contributed by atoms with Crippen LogP contribution in [0.2, 0.25) is 0 Å². The number of carbonyl (C=O) groups is 1. The molecule has 31 heavy (non-hydrogen) atoms. The third kappa shape index (κ3) is 4.78. The second-order valence-electron chi connectivity index (χ2n) is 8.43. The first-order chi connectivity index (χ1) is 14.7. The average molecular weight is 464 g/mol. The summed E-state index contributed by atoms with van der Waals surface area (Å²) >= 11 is 1.86. The number of hydrogen-bond donors (Lipinski definition) is 1. The van der Waals surface area contributed by atoms with Gasteiger partial charge in [-0.05, 0) is 40.8 Å². The van der Waals surface area contributed by atoms with Crippen LogP contribution in [-0.4, -0.2) is 60.1 Å². The number of carbonyl (C=O) groups excluding carboxylic acids is 1. The molecule has 0 unspecified atom stereocenters. The lowest BCUT2D eigenvalue weighted by Gasteiger charge is -2.46. The number of thioether (sulfide) groups is 1. The van der Waals surface area contributed by atoms with E-state index in [-0.39, 0.29) is 12.3 Å². The van der Waals surface area contributed by atoms with E-state index < -0.39 is 27.0 Å². The Balaban J connectivity index is 1.53. The molecule has 0 atom stereocenters. The second kappa shape index (κ2) is 8.88. The van der Waals surface area contributed by atoms with Gasteiger partial charge in [0.05, 0.1) is 6.42 Å². The molecule has 166 valence electrons. The Morgan fingerprint density at radius 3 is 2.65 bits per heavy atom. The minimum atomic E-state index is -3.75. The predicted molar refractivity (Wildman–Crippen MR) is 121 cm³/mol. The Labute approximate surface area is 186 Å². The summed E-state index contributed by atoms with van der Waals surface area (Å²) in [5.41, 5.74) is 2.55. The van der Waals surface area contributed by atoms with Crippen molar-refractivity contribution in [3.05, 3.63) is 53.6 Å². The van der Waals surface area contributed by atoms with Gasteiger partial charge in [0.15, 0.2) is 0 Å². The highest BCUT2D eigenvalue weighted by molar-refractivity contribution is 8.00. The van der Waals surface area contributed by atoms with Gasteiger partial charge in [-0.15, -0.1) is 0 Å². The van der Waals surface area contributed by atoms with Crippen LogP contribution in [0.1, 0.15) is 30.9 Å². The van der Waals surface area contributed by atoms with Crippen LogP contribution in [0, 0.1) is 5.82 Å². The lowest BCUT2D eigenvalue weighted by molar-refractivity contribution is -0.118. The molecular formula is C22H26FN3O3S2. The summed E-state index contributed by atoms with van der Waals surface area (Å²) < 4.78 is 42.0. The molecule has 0 saturated carbocycles. The molecule has 9 heteroatoms. The monoisotopic (exact) mass is 463 g/mol. The number of nitrogens with zero attached hydrogens (tertiary/aromatic N) is 2. The zero-order valence-electron chi connectivity index (χ0n) is 17.5. The van der Waals surface area contributed by atoms with Gasteiger partial charge in [-0.2, -0.15) is 11.8 Å². The molecule has 2 saturated heterocycles. The summed E-state index contributed by atoms with van der Waals surface area (Å²) in [7, 11) is -3.75. The largest absolute Gasteiger partial charge is 0.296 e. The van der Waals surface area contributed by atoms with Crippen LogP contribution in [0.3, 0.4) is 0 Å². The van der Waals surface area contributed by atoms with Gasteiger partial charge in [-0.3, -0.25) is 19.4 Å². The SMILES string of the molecule is CC(C)c1cc(F)cc(-c2cccnc2)c1CC(=O)NS(=O)(=O)C1CN(C2CSC2)C1. The maximum Gasteiger partial charge on any atom is 0.240 e. The number of amides is 1. The van der Waals surface area contributed by atoms with Gasteiger partial charge in [0, 0.05) is 48.6 Å². The maximum absolute atomic E-state index is 14.3. The van der Waals surface area contributed by atoms with Crippen LogP contribution < -0.4 is 4.72 Å². The van der Waals surface area contributed by atoms with E-state index in [0.29, 0.717) is 41.4 Å². The third-order valence-corrected chi connectivity index (χ3v) is 8.82. The van der Waals surface area contributed by atoms with Crippen molar-refractivity contribution in [3.63, 3.8) is 0 Å². The number of sulfonamides is 1.